The maximum Gasteiger partial charge on any atom is 0.311 e. The van der Waals surface area contributed by atoms with Crippen molar-refractivity contribution in [3.05, 3.63) is 40.8 Å². The van der Waals surface area contributed by atoms with Crippen molar-refractivity contribution in [3.8, 4) is 5.75 Å². The Bertz CT molecular complexity index is 629. The molecule has 0 amide bonds. The molecule has 0 radical (unpaired) electrons. The van der Waals surface area contributed by atoms with Crippen molar-refractivity contribution in [1.29, 1.82) is 0 Å². The molecule has 0 bridgehead atoms. The summed E-state index contributed by atoms with van der Waals surface area (Å²) in [4.78, 5) is 11.8. The average Bonchev–Trinajstić information content (AvgIpc) is 2.64. The number of carbonyl (C=O) groups is 1. The van der Waals surface area contributed by atoms with E-state index in [0.29, 0.717) is 5.75 Å². The van der Waals surface area contributed by atoms with Gasteiger partial charge in [-0.3, -0.25) is 4.79 Å². The van der Waals surface area contributed by atoms with Crippen LogP contribution in [0.15, 0.2) is 29.7 Å². The lowest BCUT2D eigenvalue weighted by molar-refractivity contribution is -0.135. The van der Waals surface area contributed by atoms with Crippen LogP contribution in [0.3, 0.4) is 0 Å². The summed E-state index contributed by atoms with van der Waals surface area (Å²) >= 11 is 0. The summed E-state index contributed by atoms with van der Waals surface area (Å²) in [7, 11) is -3.12. The SMILES string of the molecule is Cc1cccc(OC(=O)C[C@H]2C=CS(=O)(=O)C2)c1C. The molecule has 0 N–H and O–H groups in total. The van der Waals surface area contributed by atoms with Crippen molar-refractivity contribution >= 4 is 15.8 Å². The van der Waals surface area contributed by atoms with E-state index < -0.39 is 15.8 Å². The van der Waals surface area contributed by atoms with Crippen LogP contribution in [0.25, 0.3) is 0 Å². The second-order valence-corrected chi connectivity index (χ2v) is 6.73. The van der Waals surface area contributed by atoms with E-state index in [2.05, 4.69) is 0 Å². The zero-order chi connectivity index (χ0) is 14.0. The summed E-state index contributed by atoms with van der Waals surface area (Å²) in [6.07, 6.45) is 1.64. The van der Waals surface area contributed by atoms with E-state index in [4.69, 9.17) is 4.74 Å². The van der Waals surface area contributed by atoms with Crippen LogP contribution in [-0.2, 0) is 14.6 Å². The monoisotopic (exact) mass is 280 g/mol. The highest BCUT2D eigenvalue weighted by Crippen LogP contribution is 2.23. The molecular weight excluding hydrogens is 264 g/mol. The van der Waals surface area contributed by atoms with Crippen molar-refractivity contribution < 1.29 is 17.9 Å². The van der Waals surface area contributed by atoms with Crippen molar-refractivity contribution in [2.45, 2.75) is 20.3 Å². The van der Waals surface area contributed by atoms with Gasteiger partial charge in [0.15, 0.2) is 9.84 Å². The minimum absolute atomic E-state index is 0.00506. The minimum Gasteiger partial charge on any atom is -0.426 e. The minimum atomic E-state index is -3.12. The molecule has 1 heterocycles. The smallest absolute Gasteiger partial charge is 0.311 e. The predicted octanol–water partition coefficient (Wildman–Crippen LogP) is 2.16. The third-order valence-electron chi connectivity index (χ3n) is 3.21. The molecule has 19 heavy (non-hydrogen) atoms. The maximum atomic E-state index is 11.8. The standard InChI is InChI=1S/C14H16O4S/c1-10-4-3-5-13(11(10)2)18-14(15)8-12-6-7-19(16,17)9-12/h3-7,12H,8-9H2,1-2H3/t12-/m1/s1. The lowest BCUT2D eigenvalue weighted by Gasteiger charge is -2.10. The summed E-state index contributed by atoms with van der Waals surface area (Å²) in [6, 6.07) is 5.51. The van der Waals surface area contributed by atoms with Gasteiger partial charge in [0, 0.05) is 11.3 Å². The lowest BCUT2D eigenvalue weighted by atomic mass is 10.1. The first-order valence-electron chi connectivity index (χ1n) is 6.05. The Morgan fingerprint density at radius 2 is 2.11 bits per heavy atom. The second-order valence-electron chi connectivity index (χ2n) is 4.79. The highest BCUT2D eigenvalue weighted by molar-refractivity contribution is 7.94. The zero-order valence-electron chi connectivity index (χ0n) is 10.9. The van der Waals surface area contributed by atoms with Gasteiger partial charge in [0.2, 0.25) is 0 Å². The first kappa shape index (κ1) is 13.8. The first-order valence-corrected chi connectivity index (χ1v) is 7.77. The molecule has 0 aromatic heterocycles. The number of allylic oxidation sites excluding steroid dienone is 1. The van der Waals surface area contributed by atoms with E-state index in [-0.39, 0.29) is 18.1 Å². The topological polar surface area (TPSA) is 60.4 Å². The molecule has 0 spiro atoms. The van der Waals surface area contributed by atoms with E-state index in [9.17, 15) is 13.2 Å². The molecular formula is C14H16O4S. The van der Waals surface area contributed by atoms with Crippen LogP contribution < -0.4 is 4.74 Å². The van der Waals surface area contributed by atoms with Gasteiger partial charge in [0.1, 0.15) is 5.75 Å². The molecule has 5 heteroatoms. The number of benzene rings is 1. The van der Waals surface area contributed by atoms with Crippen LogP contribution >= 0.6 is 0 Å². The maximum absolute atomic E-state index is 11.8. The molecule has 0 fully saturated rings. The fraction of sp³-hybridized carbons (Fsp3) is 0.357. The highest BCUT2D eigenvalue weighted by atomic mass is 32.2. The predicted molar refractivity (Wildman–Crippen MR) is 72.6 cm³/mol. The molecule has 102 valence electrons. The Kier molecular flexibility index (Phi) is 3.75. The van der Waals surface area contributed by atoms with Crippen molar-refractivity contribution in [2.75, 3.05) is 5.75 Å². The van der Waals surface area contributed by atoms with E-state index in [1.54, 1.807) is 12.1 Å². The molecule has 1 aliphatic rings. The van der Waals surface area contributed by atoms with Crippen LogP contribution in [0.4, 0.5) is 0 Å². The summed E-state index contributed by atoms with van der Waals surface area (Å²) in [5.74, 6) is -0.146. The molecule has 0 unspecified atom stereocenters. The number of aryl methyl sites for hydroxylation is 1. The largest absolute Gasteiger partial charge is 0.426 e. The Hall–Kier alpha value is -1.62. The van der Waals surface area contributed by atoms with Gasteiger partial charge in [-0.2, -0.15) is 0 Å². The summed E-state index contributed by atoms with van der Waals surface area (Å²) in [5, 5.41) is 1.17. The summed E-state index contributed by atoms with van der Waals surface area (Å²) in [6.45, 7) is 3.83. The molecule has 0 saturated heterocycles. The number of sulfone groups is 1. The van der Waals surface area contributed by atoms with Gasteiger partial charge in [-0.25, -0.2) is 8.42 Å². The van der Waals surface area contributed by atoms with Gasteiger partial charge < -0.3 is 4.74 Å². The molecule has 1 aliphatic heterocycles. The summed E-state index contributed by atoms with van der Waals surface area (Å²) < 4.78 is 27.8. The molecule has 2 rings (SSSR count). The van der Waals surface area contributed by atoms with Gasteiger partial charge in [-0.1, -0.05) is 18.2 Å². The van der Waals surface area contributed by atoms with Crippen LogP contribution in [0, 0.1) is 19.8 Å². The van der Waals surface area contributed by atoms with Crippen LogP contribution in [-0.4, -0.2) is 20.1 Å². The Morgan fingerprint density at radius 3 is 2.74 bits per heavy atom. The number of hydrogen-bond acceptors (Lipinski definition) is 4. The highest BCUT2D eigenvalue weighted by Gasteiger charge is 2.24. The molecule has 1 atom stereocenters. The molecule has 1 aromatic rings. The molecule has 0 aliphatic carbocycles. The number of ether oxygens (including phenoxy) is 1. The Morgan fingerprint density at radius 1 is 1.37 bits per heavy atom. The van der Waals surface area contributed by atoms with E-state index in [1.807, 2.05) is 26.0 Å². The van der Waals surface area contributed by atoms with Crippen LogP contribution in [0.2, 0.25) is 0 Å². The fourth-order valence-corrected chi connectivity index (χ4v) is 3.38. The van der Waals surface area contributed by atoms with Crippen molar-refractivity contribution in [1.82, 2.24) is 0 Å². The third-order valence-corrected chi connectivity index (χ3v) is 4.68. The normalized spacial score (nSPS) is 20.4. The third kappa shape index (κ3) is 3.44. The number of rotatable bonds is 3. The van der Waals surface area contributed by atoms with E-state index in [0.717, 1.165) is 11.1 Å². The molecule has 4 nitrogen and oxygen atoms in total. The summed E-state index contributed by atoms with van der Waals surface area (Å²) in [5.41, 5.74) is 1.97. The molecule has 0 saturated carbocycles. The van der Waals surface area contributed by atoms with E-state index >= 15 is 0 Å². The van der Waals surface area contributed by atoms with Gasteiger partial charge in [-0.15, -0.1) is 0 Å². The van der Waals surface area contributed by atoms with Gasteiger partial charge >= 0.3 is 5.97 Å². The van der Waals surface area contributed by atoms with Gasteiger partial charge in [-0.05, 0) is 31.0 Å². The van der Waals surface area contributed by atoms with Crippen molar-refractivity contribution in [3.63, 3.8) is 0 Å². The number of carbonyl (C=O) groups excluding carboxylic acids is 1. The second kappa shape index (κ2) is 5.17. The fourth-order valence-electron chi connectivity index (χ4n) is 1.98. The lowest BCUT2D eigenvalue weighted by Crippen LogP contribution is -2.16. The quantitative estimate of drug-likeness (QED) is 0.629. The van der Waals surface area contributed by atoms with Crippen LogP contribution in [0.1, 0.15) is 17.5 Å². The zero-order valence-corrected chi connectivity index (χ0v) is 11.7. The van der Waals surface area contributed by atoms with Gasteiger partial charge in [0.05, 0.1) is 12.2 Å². The van der Waals surface area contributed by atoms with Crippen molar-refractivity contribution in [2.24, 2.45) is 5.92 Å². The van der Waals surface area contributed by atoms with Gasteiger partial charge in [0.25, 0.3) is 0 Å². The average molecular weight is 280 g/mol. The first-order chi connectivity index (χ1) is 8.87. The number of hydrogen-bond donors (Lipinski definition) is 0. The van der Waals surface area contributed by atoms with Crippen LogP contribution in [0.5, 0.6) is 5.75 Å². The Balaban J connectivity index is 1.99. The molecule has 1 aromatic carbocycles. The van der Waals surface area contributed by atoms with E-state index in [1.165, 1.54) is 5.41 Å². The Labute approximate surface area is 113 Å². The number of esters is 1.